The molecule has 40 heavy (non-hydrogen) atoms. The predicted octanol–water partition coefficient (Wildman–Crippen LogP) is 1.30. The van der Waals surface area contributed by atoms with Crippen molar-refractivity contribution in [1.29, 1.82) is 0 Å². The molecule has 1 aromatic carbocycles. The summed E-state index contributed by atoms with van der Waals surface area (Å²) in [6.45, 7) is 5.07. The quantitative estimate of drug-likeness (QED) is 0.224. The third kappa shape index (κ3) is 9.23. The van der Waals surface area contributed by atoms with Gasteiger partial charge >= 0.3 is 29.8 Å². The molecular formula is C26H33NO12S. The average molecular weight is 586 g/mol. The van der Waals surface area contributed by atoms with E-state index in [1.165, 1.54) is 6.92 Å². The largest absolute Gasteiger partial charge is 0.466 e. The molecule has 1 heterocycles. The monoisotopic (exact) mass is 585 g/mol. The van der Waals surface area contributed by atoms with Crippen LogP contribution in [-0.2, 0) is 57.2 Å². The van der Waals surface area contributed by atoms with Crippen molar-refractivity contribution in [2.24, 2.45) is 0 Å². The summed E-state index contributed by atoms with van der Waals surface area (Å²) in [5.41, 5.74) is 0. The number of ether oxygens (including phenoxy) is 6. The highest BCUT2D eigenvalue weighted by Crippen LogP contribution is 2.45. The molecule has 0 saturated carbocycles. The van der Waals surface area contributed by atoms with E-state index in [9.17, 15) is 28.8 Å². The first-order valence-electron chi connectivity index (χ1n) is 12.2. The van der Waals surface area contributed by atoms with Crippen LogP contribution in [0.4, 0.5) is 0 Å². The van der Waals surface area contributed by atoms with E-state index in [-0.39, 0.29) is 6.42 Å². The molecule has 0 bridgehead atoms. The zero-order valence-corrected chi connectivity index (χ0v) is 23.8. The molecule has 0 spiro atoms. The number of benzene rings is 1. The Bertz CT molecular complexity index is 1100. The Morgan fingerprint density at radius 1 is 1.00 bits per heavy atom. The minimum Gasteiger partial charge on any atom is -0.466 e. The van der Waals surface area contributed by atoms with Crippen molar-refractivity contribution in [2.45, 2.75) is 81.3 Å². The number of esters is 5. The maximum Gasteiger partial charge on any atom is 0.349 e. The summed E-state index contributed by atoms with van der Waals surface area (Å²) in [6.07, 6.45) is -5.98. The molecule has 1 aromatic rings. The summed E-state index contributed by atoms with van der Waals surface area (Å²) in [5.74, 6) is -4.54. The molecule has 1 aliphatic rings. The van der Waals surface area contributed by atoms with Gasteiger partial charge in [0.1, 0.15) is 18.8 Å². The van der Waals surface area contributed by atoms with Crippen LogP contribution in [0.5, 0.6) is 0 Å². The minimum absolute atomic E-state index is 0.283. The van der Waals surface area contributed by atoms with E-state index in [0.29, 0.717) is 4.90 Å². The number of carbonyl (C=O) groups is 6. The van der Waals surface area contributed by atoms with Gasteiger partial charge in [-0.25, -0.2) is 4.79 Å². The van der Waals surface area contributed by atoms with Crippen LogP contribution < -0.4 is 5.32 Å². The van der Waals surface area contributed by atoms with Gasteiger partial charge in [0.05, 0.1) is 13.2 Å². The first-order chi connectivity index (χ1) is 18.8. The zero-order chi connectivity index (χ0) is 30.0. The van der Waals surface area contributed by atoms with Crippen LogP contribution in [0, 0.1) is 0 Å². The number of nitrogens with one attached hydrogen (secondary N) is 1. The van der Waals surface area contributed by atoms with Gasteiger partial charge in [0.25, 0.3) is 0 Å². The van der Waals surface area contributed by atoms with E-state index in [4.69, 9.17) is 28.4 Å². The van der Waals surface area contributed by atoms with Crippen molar-refractivity contribution in [3.05, 3.63) is 30.3 Å². The summed E-state index contributed by atoms with van der Waals surface area (Å²) in [5, 5.41) is 2.63. The molecule has 1 aliphatic heterocycles. The standard InChI is InChI=1S/C26H33NO12S/c1-14(28)27-22-20(36-16(3)30)12-26(25(33)34-6,40-19-10-8-7-9-11-19)39-24(22)23(38-18(5)32)21(37-17(4)31)13-35-15(2)29/h7-11,20-24H,12-13H2,1-6H3,(H,27,28)/t20-,21+,22+,23+,24+,26+/m0/s1/i28+2. The van der Waals surface area contributed by atoms with E-state index in [1.54, 1.807) is 30.3 Å². The summed E-state index contributed by atoms with van der Waals surface area (Å²) in [6, 6.07) is 7.43. The topological polar surface area (TPSA) is 170 Å². The Morgan fingerprint density at radius 2 is 1.62 bits per heavy atom. The molecule has 0 radical (unpaired) electrons. The van der Waals surface area contributed by atoms with Crippen molar-refractivity contribution in [2.75, 3.05) is 13.7 Å². The third-order valence-electron chi connectivity index (χ3n) is 5.52. The fraction of sp³-hybridized carbons (Fsp3) is 0.538. The first-order valence-corrected chi connectivity index (χ1v) is 13.0. The van der Waals surface area contributed by atoms with Gasteiger partial charge < -0.3 is 33.7 Å². The highest BCUT2D eigenvalue weighted by Gasteiger charge is 2.58. The smallest absolute Gasteiger partial charge is 0.349 e. The van der Waals surface area contributed by atoms with Gasteiger partial charge in [-0.1, -0.05) is 30.0 Å². The Labute approximate surface area is 235 Å². The van der Waals surface area contributed by atoms with Crippen molar-refractivity contribution in [3.8, 4) is 0 Å². The number of thioether (sulfide) groups is 1. The molecule has 1 amide bonds. The Kier molecular flexibility index (Phi) is 11.9. The van der Waals surface area contributed by atoms with Gasteiger partial charge in [0.2, 0.25) is 10.8 Å². The maximum absolute atomic E-state index is 13.3. The molecule has 0 aliphatic carbocycles. The second-order valence-electron chi connectivity index (χ2n) is 8.84. The summed E-state index contributed by atoms with van der Waals surface area (Å²) in [4.78, 5) is 72.3. The zero-order valence-electron chi connectivity index (χ0n) is 23.0. The predicted molar refractivity (Wildman–Crippen MR) is 137 cm³/mol. The highest BCUT2D eigenvalue weighted by atomic mass is 32.2. The van der Waals surface area contributed by atoms with Crippen molar-refractivity contribution in [1.82, 2.24) is 5.32 Å². The molecule has 13 nitrogen and oxygen atoms in total. The van der Waals surface area contributed by atoms with Crippen molar-refractivity contribution < 1.29 is 57.2 Å². The fourth-order valence-electron chi connectivity index (χ4n) is 4.18. The van der Waals surface area contributed by atoms with Gasteiger partial charge in [0, 0.05) is 45.9 Å². The lowest BCUT2D eigenvalue weighted by Crippen LogP contribution is -2.68. The second-order valence-corrected chi connectivity index (χ2v) is 10.2. The number of methoxy groups -OCH3 is 1. The summed E-state index contributed by atoms with van der Waals surface area (Å²) in [7, 11) is 1.14. The molecule has 1 saturated heterocycles. The summed E-state index contributed by atoms with van der Waals surface area (Å²) >= 11 is 0.946. The van der Waals surface area contributed by atoms with Crippen LogP contribution in [0.1, 0.15) is 41.0 Å². The number of hydrogen-bond donors (Lipinski definition) is 1. The number of carbonyl (C=O) groups excluding carboxylic acids is 6. The lowest BCUT2D eigenvalue weighted by atomic mass is 9.89. The van der Waals surface area contributed by atoms with Gasteiger partial charge in [0.15, 0.2) is 12.2 Å². The lowest BCUT2D eigenvalue weighted by molar-refractivity contribution is -0.224. The second kappa shape index (κ2) is 14.7. The molecule has 14 heteroatoms. The molecule has 0 aromatic heterocycles. The van der Waals surface area contributed by atoms with E-state index >= 15 is 0 Å². The Hall–Kier alpha value is -3.65. The highest BCUT2D eigenvalue weighted by molar-refractivity contribution is 8.01. The molecule has 2 rings (SSSR count). The number of hydrogen-bond acceptors (Lipinski definition) is 13. The van der Waals surface area contributed by atoms with Gasteiger partial charge in [-0.3, -0.25) is 24.0 Å². The van der Waals surface area contributed by atoms with Crippen LogP contribution in [0.15, 0.2) is 35.2 Å². The average Bonchev–Trinajstić information content (AvgIpc) is 2.85. The van der Waals surface area contributed by atoms with Crippen LogP contribution in [0.3, 0.4) is 0 Å². The van der Waals surface area contributed by atoms with Crippen LogP contribution in [-0.4, -0.2) is 84.9 Å². The number of rotatable bonds is 11. The third-order valence-corrected chi connectivity index (χ3v) is 6.79. The first kappa shape index (κ1) is 32.6. The lowest BCUT2D eigenvalue weighted by Gasteiger charge is -2.48. The van der Waals surface area contributed by atoms with Gasteiger partial charge in [-0.15, -0.1) is 0 Å². The van der Waals surface area contributed by atoms with Crippen molar-refractivity contribution >= 4 is 47.5 Å². The van der Waals surface area contributed by atoms with E-state index < -0.39 is 77.8 Å². The number of amides is 1. The molecule has 6 atom stereocenters. The van der Waals surface area contributed by atoms with Crippen LogP contribution in [0.2, 0.25) is 0 Å². The minimum atomic E-state index is -1.89. The molecular weight excluding hydrogens is 552 g/mol. The van der Waals surface area contributed by atoms with E-state index in [1.807, 2.05) is 0 Å². The van der Waals surface area contributed by atoms with Crippen LogP contribution in [0.25, 0.3) is 0 Å². The Balaban J connectivity index is 2.76. The fourth-order valence-corrected chi connectivity index (χ4v) is 5.43. The Morgan fingerprint density at radius 3 is 2.12 bits per heavy atom. The van der Waals surface area contributed by atoms with Crippen molar-refractivity contribution in [3.63, 3.8) is 0 Å². The molecule has 220 valence electrons. The molecule has 1 fully saturated rings. The van der Waals surface area contributed by atoms with Gasteiger partial charge in [-0.2, -0.15) is 0 Å². The van der Waals surface area contributed by atoms with Gasteiger partial charge in [-0.05, 0) is 12.1 Å². The van der Waals surface area contributed by atoms with E-state index in [0.717, 1.165) is 46.6 Å². The van der Waals surface area contributed by atoms with E-state index in [2.05, 4.69) is 5.32 Å². The molecule has 1 N–H and O–H groups in total. The SMILES string of the molecule is COC(=O)[C@]1(Sc2ccccc2)C[C@H](OC(C)=O)[C@@H](NC(C)=[18O])[C@H]([C@H](OC(C)=O)[C@@H](COC(C)=O)OC(C)=O)O1. The van der Waals surface area contributed by atoms with Crippen LogP contribution >= 0.6 is 11.8 Å². The molecule has 0 unspecified atom stereocenters. The summed E-state index contributed by atoms with van der Waals surface area (Å²) < 4.78 is 32.9. The normalized spacial score (nSPS) is 23.5. The maximum atomic E-state index is 13.3.